The van der Waals surface area contributed by atoms with Crippen molar-refractivity contribution in [2.45, 2.75) is 51.4 Å². The molecule has 1 amide bonds. The van der Waals surface area contributed by atoms with Crippen LogP contribution in [-0.4, -0.2) is 49.0 Å². The van der Waals surface area contributed by atoms with Crippen molar-refractivity contribution < 1.29 is 13.2 Å². The molecule has 1 N–H and O–H groups in total. The third kappa shape index (κ3) is 2.33. The number of nitrogens with one attached hydrogen (secondary N) is 1. The number of nitrogens with zero attached hydrogens (tertiary/aromatic N) is 1. The van der Waals surface area contributed by atoms with Gasteiger partial charge in [0.1, 0.15) is 0 Å². The summed E-state index contributed by atoms with van der Waals surface area (Å²) in [5, 5.41) is 3.28. The van der Waals surface area contributed by atoms with Crippen LogP contribution < -0.4 is 5.32 Å². The van der Waals surface area contributed by atoms with Crippen LogP contribution in [0.15, 0.2) is 0 Å². The minimum Gasteiger partial charge on any atom is -0.322 e. The summed E-state index contributed by atoms with van der Waals surface area (Å²) < 4.78 is 23.0. The van der Waals surface area contributed by atoms with E-state index in [0.29, 0.717) is 6.42 Å². The van der Waals surface area contributed by atoms with Gasteiger partial charge in [-0.15, -0.1) is 0 Å². The zero-order valence-corrected chi connectivity index (χ0v) is 11.2. The van der Waals surface area contributed by atoms with Crippen LogP contribution in [0.4, 0.5) is 0 Å². The van der Waals surface area contributed by atoms with Gasteiger partial charge in [0.05, 0.1) is 23.7 Å². The van der Waals surface area contributed by atoms with E-state index in [1.165, 1.54) is 0 Å². The van der Waals surface area contributed by atoms with Crippen LogP contribution in [0.2, 0.25) is 0 Å². The van der Waals surface area contributed by atoms with E-state index in [2.05, 4.69) is 5.32 Å². The summed E-state index contributed by atoms with van der Waals surface area (Å²) in [4.78, 5) is 13.9. The van der Waals surface area contributed by atoms with E-state index >= 15 is 0 Å². The van der Waals surface area contributed by atoms with E-state index in [0.717, 1.165) is 12.8 Å². The quantitative estimate of drug-likeness (QED) is 0.783. The van der Waals surface area contributed by atoms with Gasteiger partial charge < -0.3 is 4.90 Å². The molecule has 5 nitrogen and oxygen atoms in total. The molecule has 2 aliphatic heterocycles. The van der Waals surface area contributed by atoms with E-state index < -0.39 is 9.84 Å². The fourth-order valence-corrected chi connectivity index (χ4v) is 4.46. The summed E-state index contributed by atoms with van der Waals surface area (Å²) in [6.45, 7) is 3.98. The van der Waals surface area contributed by atoms with Crippen molar-refractivity contribution in [1.29, 1.82) is 0 Å². The average molecular weight is 260 g/mol. The van der Waals surface area contributed by atoms with Crippen LogP contribution >= 0.6 is 0 Å². The standard InChI is InChI=1S/C11H20N2O3S/c1-3-9-11(14)13(10(4-2)12-9)8-5-6-17(15,16)7-8/h8-10,12H,3-7H2,1-2H3. The summed E-state index contributed by atoms with van der Waals surface area (Å²) in [5.41, 5.74) is 0. The molecule has 0 aromatic heterocycles. The lowest BCUT2D eigenvalue weighted by Crippen LogP contribution is -2.45. The summed E-state index contributed by atoms with van der Waals surface area (Å²) in [5.74, 6) is 0.420. The van der Waals surface area contributed by atoms with Crippen LogP contribution in [0.5, 0.6) is 0 Å². The molecular formula is C11H20N2O3S. The topological polar surface area (TPSA) is 66.5 Å². The Kier molecular flexibility index (Phi) is 3.45. The van der Waals surface area contributed by atoms with Crippen LogP contribution in [-0.2, 0) is 14.6 Å². The van der Waals surface area contributed by atoms with Gasteiger partial charge in [-0.05, 0) is 19.3 Å². The van der Waals surface area contributed by atoms with Gasteiger partial charge in [0, 0.05) is 6.04 Å². The molecule has 0 bridgehead atoms. The normalized spacial score (nSPS) is 36.7. The van der Waals surface area contributed by atoms with E-state index in [4.69, 9.17) is 0 Å². The third-order valence-electron chi connectivity index (χ3n) is 3.68. The first kappa shape index (κ1) is 12.8. The summed E-state index contributed by atoms with van der Waals surface area (Å²) >= 11 is 0. The van der Waals surface area contributed by atoms with E-state index in [-0.39, 0.29) is 35.7 Å². The van der Waals surface area contributed by atoms with Crippen molar-refractivity contribution in [3.63, 3.8) is 0 Å². The second-order valence-electron chi connectivity index (χ2n) is 4.85. The number of hydrogen-bond donors (Lipinski definition) is 1. The molecule has 2 fully saturated rings. The maximum absolute atomic E-state index is 12.2. The number of sulfone groups is 1. The molecule has 6 heteroatoms. The van der Waals surface area contributed by atoms with Crippen molar-refractivity contribution in [3.05, 3.63) is 0 Å². The minimum atomic E-state index is -2.93. The fraction of sp³-hybridized carbons (Fsp3) is 0.909. The van der Waals surface area contributed by atoms with Crippen molar-refractivity contribution in [2.75, 3.05) is 11.5 Å². The van der Waals surface area contributed by atoms with Crippen molar-refractivity contribution >= 4 is 15.7 Å². The maximum atomic E-state index is 12.2. The second-order valence-corrected chi connectivity index (χ2v) is 7.08. The second kappa shape index (κ2) is 4.57. The smallest absolute Gasteiger partial charge is 0.241 e. The molecule has 0 aliphatic carbocycles. The SMILES string of the molecule is CCC1NC(CC)N(C2CCS(=O)(=O)C2)C1=O. The lowest BCUT2D eigenvalue weighted by Gasteiger charge is -2.28. The van der Waals surface area contributed by atoms with Crippen molar-refractivity contribution in [2.24, 2.45) is 0 Å². The lowest BCUT2D eigenvalue weighted by atomic mass is 10.2. The van der Waals surface area contributed by atoms with Gasteiger partial charge in [-0.1, -0.05) is 13.8 Å². The van der Waals surface area contributed by atoms with E-state index in [9.17, 15) is 13.2 Å². The van der Waals surface area contributed by atoms with E-state index in [1.807, 2.05) is 13.8 Å². The highest BCUT2D eigenvalue weighted by Crippen LogP contribution is 2.25. The van der Waals surface area contributed by atoms with Gasteiger partial charge in [0.2, 0.25) is 5.91 Å². The maximum Gasteiger partial charge on any atom is 0.241 e. The molecule has 0 radical (unpaired) electrons. The zero-order valence-electron chi connectivity index (χ0n) is 10.3. The number of rotatable bonds is 3. The summed E-state index contributed by atoms with van der Waals surface area (Å²) in [7, 11) is -2.93. The average Bonchev–Trinajstić information content (AvgIpc) is 2.78. The highest BCUT2D eigenvalue weighted by Gasteiger charge is 2.44. The molecule has 0 spiro atoms. The molecular weight excluding hydrogens is 240 g/mol. The largest absolute Gasteiger partial charge is 0.322 e. The van der Waals surface area contributed by atoms with Gasteiger partial charge >= 0.3 is 0 Å². The molecule has 0 aromatic carbocycles. The predicted molar refractivity (Wildman–Crippen MR) is 65.2 cm³/mol. The van der Waals surface area contributed by atoms with Gasteiger partial charge in [0.25, 0.3) is 0 Å². The monoisotopic (exact) mass is 260 g/mol. The number of hydrogen-bond acceptors (Lipinski definition) is 4. The Labute approximate surface area is 102 Å². The van der Waals surface area contributed by atoms with E-state index in [1.54, 1.807) is 4.90 Å². The molecule has 2 heterocycles. The predicted octanol–water partition coefficient (Wildman–Crippen LogP) is 0.120. The summed E-state index contributed by atoms with van der Waals surface area (Å²) in [6, 6.07) is -0.259. The molecule has 2 rings (SSSR count). The van der Waals surface area contributed by atoms with Gasteiger partial charge in [-0.2, -0.15) is 0 Å². The molecule has 3 unspecified atom stereocenters. The van der Waals surface area contributed by atoms with Gasteiger partial charge in [-0.3, -0.25) is 10.1 Å². The molecule has 2 aliphatic rings. The molecule has 0 saturated carbocycles. The Morgan fingerprint density at radius 1 is 1.35 bits per heavy atom. The molecule has 2 saturated heterocycles. The Bertz CT molecular complexity index is 407. The fourth-order valence-electron chi connectivity index (χ4n) is 2.75. The lowest BCUT2D eigenvalue weighted by molar-refractivity contribution is -0.131. The first-order chi connectivity index (χ1) is 7.98. The number of amides is 1. The van der Waals surface area contributed by atoms with Gasteiger partial charge in [-0.25, -0.2) is 8.42 Å². The Balaban J connectivity index is 2.16. The number of carbonyl (C=O) groups is 1. The minimum absolute atomic E-state index is 0.00532. The Morgan fingerprint density at radius 3 is 2.53 bits per heavy atom. The molecule has 3 atom stereocenters. The Hall–Kier alpha value is -0.620. The van der Waals surface area contributed by atoms with Crippen LogP contribution in [0.3, 0.4) is 0 Å². The van der Waals surface area contributed by atoms with Crippen LogP contribution in [0, 0.1) is 0 Å². The first-order valence-corrected chi connectivity index (χ1v) is 8.09. The number of carbonyl (C=O) groups excluding carboxylic acids is 1. The molecule has 17 heavy (non-hydrogen) atoms. The highest BCUT2D eigenvalue weighted by molar-refractivity contribution is 7.91. The van der Waals surface area contributed by atoms with Crippen LogP contribution in [0.1, 0.15) is 33.1 Å². The summed E-state index contributed by atoms with van der Waals surface area (Å²) in [6.07, 6.45) is 2.16. The van der Waals surface area contributed by atoms with Gasteiger partial charge in [0.15, 0.2) is 9.84 Å². The molecule has 0 aromatic rings. The molecule has 98 valence electrons. The third-order valence-corrected chi connectivity index (χ3v) is 5.43. The Morgan fingerprint density at radius 2 is 2.06 bits per heavy atom. The van der Waals surface area contributed by atoms with Crippen LogP contribution in [0.25, 0.3) is 0 Å². The highest BCUT2D eigenvalue weighted by atomic mass is 32.2. The van der Waals surface area contributed by atoms with Crippen molar-refractivity contribution in [1.82, 2.24) is 10.2 Å². The zero-order chi connectivity index (χ0) is 12.6. The van der Waals surface area contributed by atoms with Crippen molar-refractivity contribution in [3.8, 4) is 0 Å². The first-order valence-electron chi connectivity index (χ1n) is 6.27.